The van der Waals surface area contributed by atoms with Crippen LogP contribution in [0.25, 0.3) is 6.20 Å². The van der Waals surface area contributed by atoms with Crippen molar-refractivity contribution in [2.45, 2.75) is 72.3 Å². The van der Waals surface area contributed by atoms with Gasteiger partial charge in [0.1, 0.15) is 17.9 Å². The van der Waals surface area contributed by atoms with Crippen LogP contribution in [0.4, 0.5) is 0 Å². The number of allylic oxidation sites excluding steroid dienone is 3. The lowest BCUT2D eigenvalue weighted by Gasteiger charge is -2.34. The summed E-state index contributed by atoms with van der Waals surface area (Å²) in [5.41, 5.74) is 7.74. The van der Waals surface area contributed by atoms with Gasteiger partial charge in [-0.3, -0.25) is 4.90 Å². The molecule has 42 heavy (non-hydrogen) atoms. The van der Waals surface area contributed by atoms with E-state index in [1.807, 2.05) is 32.1 Å². The molecule has 1 atom stereocenters. The molecule has 2 aliphatic heterocycles. The molecule has 1 N–H and O–H groups in total. The third-order valence-electron chi connectivity index (χ3n) is 8.06. The highest BCUT2D eigenvalue weighted by atomic mass is 16.5. The summed E-state index contributed by atoms with van der Waals surface area (Å²) in [6.45, 7) is 12.4. The zero-order valence-electron chi connectivity index (χ0n) is 25.0. The van der Waals surface area contributed by atoms with Crippen molar-refractivity contribution < 1.29 is 24.1 Å². The SMILES string of the molecule is Cc1cccc(C/C=C\C=C\n2ncc(C(=O)O)c2OC(C)C)c1OCc1ccc2c(c1C)CCN([C@H]1CCOC1)C2. The molecular formula is C34H41N3O5. The topological polar surface area (TPSA) is 86.1 Å². The smallest absolute Gasteiger partial charge is 0.342 e. The molecule has 8 nitrogen and oxygen atoms in total. The van der Waals surface area contributed by atoms with Gasteiger partial charge in [0.2, 0.25) is 5.88 Å². The molecule has 0 unspecified atom stereocenters. The van der Waals surface area contributed by atoms with Gasteiger partial charge in [0.25, 0.3) is 0 Å². The van der Waals surface area contributed by atoms with E-state index < -0.39 is 5.97 Å². The van der Waals surface area contributed by atoms with Crippen LogP contribution in [0.3, 0.4) is 0 Å². The summed E-state index contributed by atoms with van der Waals surface area (Å²) >= 11 is 0. The number of rotatable bonds is 11. The lowest BCUT2D eigenvalue weighted by Crippen LogP contribution is -2.39. The second kappa shape index (κ2) is 13.4. The molecule has 1 saturated heterocycles. The van der Waals surface area contributed by atoms with Crippen LogP contribution in [0, 0.1) is 13.8 Å². The third kappa shape index (κ3) is 6.77. The Labute approximate surface area is 248 Å². The number of para-hydroxylation sites is 1. The van der Waals surface area contributed by atoms with E-state index in [-0.39, 0.29) is 17.5 Å². The predicted octanol–water partition coefficient (Wildman–Crippen LogP) is 5.98. The van der Waals surface area contributed by atoms with Crippen LogP contribution >= 0.6 is 0 Å². The predicted molar refractivity (Wildman–Crippen MR) is 163 cm³/mol. The first-order chi connectivity index (χ1) is 20.3. The van der Waals surface area contributed by atoms with Crippen molar-refractivity contribution in [3.63, 3.8) is 0 Å². The number of hydrogen-bond donors (Lipinski definition) is 1. The van der Waals surface area contributed by atoms with Gasteiger partial charge in [-0.05, 0) is 86.4 Å². The van der Waals surface area contributed by atoms with Crippen LogP contribution < -0.4 is 9.47 Å². The summed E-state index contributed by atoms with van der Waals surface area (Å²) in [5.74, 6) is 0.0658. The van der Waals surface area contributed by atoms with Crippen LogP contribution in [0.15, 0.2) is 54.8 Å². The highest BCUT2D eigenvalue weighted by Crippen LogP contribution is 2.30. The summed E-state index contributed by atoms with van der Waals surface area (Å²) in [6, 6.07) is 11.3. The maximum Gasteiger partial charge on any atom is 0.342 e. The Morgan fingerprint density at radius 3 is 2.81 bits per heavy atom. The minimum absolute atomic E-state index is 0.0363. The number of carboxylic acid groups (broad SMARTS) is 1. The maximum atomic E-state index is 11.5. The Hall–Kier alpha value is -3.88. The van der Waals surface area contributed by atoms with E-state index in [2.05, 4.69) is 54.2 Å². The molecule has 1 fully saturated rings. The van der Waals surface area contributed by atoms with Gasteiger partial charge < -0.3 is 19.3 Å². The number of benzene rings is 2. The lowest BCUT2D eigenvalue weighted by atomic mass is 9.91. The van der Waals surface area contributed by atoms with Crippen molar-refractivity contribution in [3.8, 4) is 11.6 Å². The van der Waals surface area contributed by atoms with E-state index >= 15 is 0 Å². The van der Waals surface area contributed by atoms with E-state index in [1.54, 1.807) is 6.20 Å². The molecule has 0 spiro atoms. The van der Waals surface area contributed by atoms with Crippen LogP contribution in [0.5, 0.6) is 11.6 Å². The van der Waals surface area contributed by atoms with Gasteiger partial charge in [0.05, 0.1) is 18.9 Å². The number of carboxylic acids is 1. The first kappa shape index (κ1) is 29.6. The minimum Gasteiger partial charge on any atom is -0.488 e. The first-order valence-corrected chi connectivity index (χ1v) is 14.8. The van der Waals surface area contributed by atoms with Crippen LogP contribution in [-0.2, 0) is 30.7 Å². The zero-order valence-corrected chi connectivity index (χ0v) is 25.0. The molecule has 0 saturated carbocycles. The van der Waals surface area contributed by atoms with Gasteiger partial charge in [0, 0.05) is 31.9 Å². The Morgan fingerprint density at radius 2 is 2.05 bits per heavy atom. The number of fused-ring (bicyclic) bond motifs is 1. The normalized spacial score (nSPS) is 17.4. The van der Waals surface area contributed by atoms with Gasteiger partial charge in [-0.25, -0.2) is 9.48 Å². The summed E-state index contributed by atoms with van der Waals surface area (Å²) in [6.07, 6.45) is 11.5. The highest BCUT2D eigenvalue weighted by Gasteiger charge is 2.27. The van der Waals surface area contributed by atoms with Crippen molar-refractivity contribution in [1.29, 1.82) is 0 Å². The first-order valence-electron chi connectivity index (χ1n) is 14.8. The fourth-order valence-electron chi connectivity index (χ4n) is 5.77. The summed E-state index contributed by atoms with van der Waals surface area (Å²) < 4.78 is 19.2. The van der Waals surface area contributed by atoms with Crippen molar-refractivity contribution >= 4 is 12.2 Å². The zero-order chi connectivity index (χ0) is 29.6. The summed E-state index contributed by atoms with van der Waals surface area (Å²) in [4.78, 5) is 14.1. The molecule has 222 valence electrons. The highest BCUT2D eigenvalue weighted by molar-refractivity contribution is 5.90. The second-order valence-corrected chi connectivity index (χ2v) is 11.3. The number of hydrogen-bond acceptors (Lipinski definition) is 6. The quantitative estimate of drug-likeness (QED) is 0.283. The van der Waals surface area contributed by atoms with Crippen molar-refractivity contribution in [2.75, 3.05) is 19.8 Å². The Kier molecular flexibility index (Phi) is 9.45. The third-order valence-corrected chi connectivity index (χ3v) is 8.06. The largest absolute Gasteiger partial charge is 0.488 e. The molecule has 8 heteroatoms. The lowest BCUT2D eigenvalue weighted by molar-refractivity contribution is 0.0690. The average Bonchev–Trinajstić information content (AvgIpc) is 3.64. The van der Waals surface area contributed by atoms with Gasteiger partial charge in [-0.15, -0.1) is 0 Å². The molecule has 2 aromatic carbocycles. The van der Waals surface area contributed by atoms with Gasteiger partial charge in [-0.1, -0.05) is 42.5 Å². The fraction of sp³-hybridized carbons (Fsp3) is 0.412. The standard InChI is InChI=1S/C34H41N3O5/c1-23(2)42-33-31(34(38)39)19-35-37(33)16-7-5-6-10-26-11-8-9-24(3)32(26)41-21-28-13-12-27-20-36(29-15-18-40-22-29)17-14-30(27)25(28)4/h5-9,11-13,16,19,23,29H,10,14-15,17-18,20-22H2,1-4H3,(H,38,39)/b6-5-,16-7+/t29-/m0/s1. The number of nitrogens with zero attached hydrogens (tertiary/aromatic N) is 3. The number of ether oxygens (including phenoxy) is 3. The minimum atomic E-state index is -1.07. The number of aromatic carboxylic acids is 1. The van der Waals surface area contributed by atoms with E-state index in [9.17, 15) is 9.90 Å². The van der Waals surface area contributed by atoms with Gasteiger partial charge in [0.15, 0.2) is 0 Å². The average molecular weight is 572 g/mol. The molecular weight excluding hydrogens is 530 g/mol. The van der Waals surface area contributed by atoms with E-state index in [4.69, 9.17) is 14.2 Å². The van der Waals surface area contributed by atoms with Gasteiger partial charge in [-0.2, -0.15) is 5.10 Å². The molecule has 3 heterocycles. The van der Waals surface area contributed by atoms with Crippen molar-refractivity contribution in [1.82, 2.24) is 14.7 Å². The molecule has 0 bridgehead atoms. The molecule has 2 aliphatic rings. The summed E-state index contributed by atoms with van der Waals surface area (Å²) in [5, 5.41) is 13.6. The Bertz CT molecular complexity index is 1470. The monoisotopic (exact) mass is 571 g/mol. The molecule has 3 aromatic rings. The Morgan fingerprint density at radius 1 is 1.19 bits per heavy atom. The molecule has 5 rings (SSSR count). The van der Waals surface area contributed by atoms with E-state index in [0.717, 1.165) is 56.0 Å². The summed E-state index contributed by atoms with van der Waals surface area (Å²) in [7, 11) is 0. The molecule has 0 radical (unpaired) electrons. The maximum absolute atomic E-state index is 11.5. The molecule has 1 aromatic heterocycles. The fourth-order valence-corrected chi connectivity index (χ4v) is 5.77. The van der Waals surface area contributed by atoms with Crippen molar-refractivity contribution in [2.24, 2.45) is 0 Å². The van der Waals surface area contributed by atoms with E-state index in [1.165, 1.54) is 33.1 Å². The molecule has 0 amide bonds. The Balaban J connectivity index is 1.23. The van der Waals surface area contributed by atoms with Crippen LogP contribution in [-0.4, -0.2) is 57.7 Å². The van der Waals surface area contributed by atoms with Gasteiger partial charge >= 0.3 is 5.97 Å². The van der Waals surface area contributed by atoms with Crippen LogP contribution in [0.1, 0.15) is 64.0 Å². The van der Waals surface area contributed by atoms with Crippen LogP contribution in [0.2, 0.25) is 0 Å². The number of aryl methyl sites for hydroxylation is 1. The van der Waals surface area contributed by atoms with Crippen molar-refractivity contribution in [3.05, 3.63) is 93.7 Å². The molecule has 0 aliphatic carbocycles. The van der Waals surface area contributed by atoms with E-state index in [0.29, 0.717) is 19.1 Å². The second-order valence-electron chi connectivity index (χ2n) is 11.3. The number of carbonyl (C=O) groups is 1. The number of aromatic nitrogens is 2.